The van der Waals surface area contributed by atoms with Gasteiger partial charge < -0.3 is 14.2 Å². The zero-order valence-corrected chi connectivity index (χ0v) is 13.9. The van der Waals surface area contributed by atoms with Gasteiger partial charge in [0.2, 0.25) is 5.91 Å². The average Bonchev–Trinajstić information content (AvgIpc) is 3.14. The molecule has 0 saturated carbocycles. The molecule has 5 nitrogen and oxygen atoms in total. The van der Waals surface area contributed by atoms with Gasteiger partial charge in [-0.1, -0.05) is 17.7 Å². The fraction of sp³-hybridized carbons (Fsp3) is 0.412. The first-order valence-corrected chi connectivity index (χ1v) is 8.15. The molecule has 1 amide bonds. The monoisotopic (exact) mass is 333 g/mol. The highest BCUT2D eigenvalue weighted by Gasteiger charge is 2.27. The molecule has 0 spiro atoms. The topological polar surface area (TPSA) is 47.4 Å². The van der Waals surface area contributed by atoms with Gasteiger partial charge in [-0.2, -0.15) is 0 Å². The summed E-state index contributed by atoms with van der Waals surface area (Å²) >= 11 is 5.96. The minimum absolute atomic E-state index is 0.0362. The lowest BCUT2D eigenvalue weighted by molar-refractivity contribution is -0.130. The smallest absolute Gasteiger partial charge is 0.223 e. The van der Waals surface area contributed by atoms with E-state index in [0.29, 0.717) is 24.4 Å². The van der Waals surface area contributed by atoms with Gasteiger partial charge in [-0.05, 0) is 24.6 Å². The standard InChI is InChI=1S/C17H20ClN3O2/c1-20-12-19-10-14(20)5-6-17(22)21-8-7-16(11-21)23-15-4-2-3-13(18)9-15/h2-4,9-10,12,16H,5-8,11H2,1H3/t16-/m0/s1. The van der Waals surface area contributed by atoms with E-state index in [0.717, 1.165) is 24.4 Å². The van der Waals surface area contributed by atoms with Crippen LogP contribution in [0.3, 0.4) is 0 Å². The molecule has 23 heavy (non-hydrogen) atoms. The Bertz CT molecular complexity index is 686. The molecular weight excluding hydrogens is 314 g/mol. The average molecular weight is 334 g/mol. The maximum Gasteiger partial charge on any atom is 0.223 e. The summed E-state index contributed by atoms with van der Waals surface area (Å²) in [5.41, 5.74) is 1.07. The molecule has 3 rings (SSSR count). The van der Waals surface area contributed by atoms with Crippen molar-refractivity contribution in [2.45, 2.75) is 25.4 Å². The van der Waals surface area contributed by atoms with Crippen molar-refractivity contribution >= 4 is 17.5 Å². The van der Waals surface area contributed by atoms with Gasteiger partial charge in [0.05, 0.1) is 12.9 Å². The van der Waals surface area contributed by atoms with Crippen molar-refractivity contribution < 1.29 is 9.53 Å². The van der Waals surface area contributed by atoms with Crippen molar-refractivity contribution in [3.8, 4) is 5.75 Å². The quantitative estimate of drug-likeness (QED) is 0.845. The fourth-order valence-electron chi connectivity index (χ4n) is 2.80. The molecule has 1 aromatic carbocycles. The number of ether oxygens (including phenoxy) is 1. The van der Waals surface area contributed by atoms with Crippen LogP contribution < -0.4 is 4.74 Å². The van der Waals surface area contributed by atoms with E-state index in [1.807, 2.05) is 40.9 Å². The number of carbonyl (C=O) groups excluding carboxylic acids is 1. The highest BCUT2D eigenvalue weighted by Crippen LogP contribution is 2.22. The van der Waals surface area contributed by atoms with Gasteiger partial charge >= 0.3 is 0 Å². The van der Waals surface area contributed by atoms with Crippen molar-refractivity contribution in [1.29, 1.82) is 0 Å². The number of amides is 1. The molecule has 0 radical (unpaired) electrons. The Hall–Kier alpha value is -2.01. The number of carbonyl (C=O) groups is 1. The van der Waals surface area contributed by atoms with E-state index in [1.54, 1.807) is 12.4 Å². The summed E-state index contributed by atoms with van der Waals surface area (Å²) in [6.07, 6.45) is 5.67. The van der Waals surface area contributed by atoms with Gasteiger partial charge in [-0.3, -0.25) is 4.79 Å². The molecule has 1 aromatic heterocycles. The lowest BCUT2D eigenvalue weighted by Crippen LogP contribution is -2.31. The van der Waals surface area contributed by atoms with E-state index in [2.05, 4.69) is 4.98 Å². The Morgan fingerprint density at radius 1 is 1.48 bits per heavy atom. The van der Waals surface area contributed by atoms with Crippen LogP contribution in [0.5, 0.6) is 5.75 Å². The minimum atomic E-state index is 0.0362. The first kappa shape index (κ1) is 15.9. The van der Waals surface area contributed by atoms with E-state index in [1.165, 1.54) is 0 Å². The summed E-state index contributed by atoms with van der Waals surface area (Å²) < 4.78 is 7.86. The molecule has 122 valence electrons. The summed E-state index contributed by atoms with van der Waals surface area (Å²) in [6.45, 7) is 1.38. The lowest BCUT2D eigenvalue weighted by atomic mass is 10.2. The summed E-state index contributed by atoms with van der Waals surface area (Å²) in [4.78, 5) is 18.3. The first-order chi connectivity index (χ1) is 11.1. The van der Waals surface area contributed by atoms with Crippen molar-refractivity contribution in [3.05, 3.63) is 47.5 Å². The Balaban J connectivity index is 1.49. The van der Waals surface area contributed by atoms with Gasteiger partial charge in [-0.25, -0.2) is 4.98 Å². The van der Waals surface area contributed by atoms with E-state index >= 15 is 0 Å². The van der Waals surface area contributed by atoms with Crippen LogP contribution >= 0.6 is 11.6 Å². The van der Waals surface area contributed by atoms with E-state index in [-0.39, 0.29) is 12.0 Å². The van der Waals surface area contributed by atoms with E-state index in [4.69, 9.17) is 16.3 Å². The van der Waals surface area contributed by atoms with E-state index in [9.17, 15) is 4.79 Å². The Morgan fingerprint density at radius 2 is 2.35 bits per heavy atom. The highest BCUT2D eigenvalue weighted by molar-refractivity contribution is 6.30. The summed E-state index contributed by atoms with van der Waals surface area (Å²) in [7, 11) is 1.94. The minimum Gasteiger partial charge on any atom is -0.488 e. The maximum atomic E-state index is 12.3. The van der Waals surface area contributed by atoms with Crippen molar-refractivity contribution in [3.63, 3.8) is 0 Å². The van der Waals surface area contributed by atoms with Crippen molar-refractivity contribution in [2.75, 3.05) is 13.1 Å². The molecule has 6 heteroatoms. The number of imidazole rings is 1. The normalized spacial score (nSPS) is 17.5. The predicted molar refractivity (Wildman–Crippen MR) is 88.6 cm³/mol. The largest absolute Gasteiger partial charge is 0.488 e. The fourth-order valence-corrected chi connectivity index (χ4v) is 2.98. The van der Waals surface area contributed by atoms with Crippen LogP contribution in [-0.4, -0.2) is 39.6 Å². The van der Waals surface area contributed by atoms with Crippen LogP contribution in [0.25, 0.3) is 0 Å². The number of likely N-dealkylation sites (tertiary alicyclic amines) is 1. The van der Waals surface area contributed by atoms with Crippen molar-refractivity contribution in [2.24, 2.45) is 7.05 Å². The van der Waals surface area contributed by atoms with Crippen LogP contribution in [0.1, 0.15) is 18.5 Å². The highest BCUT2D eigenvalue weighted by atomic mass is 35.5. The summed E-state index contributed by atoms with van der Waals surface area (Å²) in [5, 5.41) is 0.657. The second kappa shape index (κ2) is 7.04. The number of rotatable bonds is 5. The van der Waals surface area contributed by atoms with Crippen LogP contribution in [-0.2, 0) is 18.3 Å². The molecule has 1 saturated heterocycles. The van der Waals surface area contributed by atoms with Crippen LogP contribution in [0.2, 0.25) is 5.02 Å². The number of aryl methyl sites for hydroxylation is 2. The Morgan fingerprint density at radius 3 is 3.09 bits per heavy atom. The number of benzene rings is 1. The molecule has 0 unspecified atom stereocenters. The molecule has 2 heterocycles. The molecule has 0 bridgehead atoms. The number of nitrogens with zero attached hydrogens (tertiary/aromatic N) is 3. The van der Waals surface area contributed by atoms with Gasteiger partial charge in [0, 0.05) is 43.3 Å². The predicted octanol–water partition coefficient (Wildman–Crippen LogP) is 2.69. The third-order valence-corrected chi connectivity index (χ3v) is 4.34. The van der Waals surface area contributed by atoms with Crippen LogP contribution in [0.15, 0.2) is 36.8 Å². The molecule has 2 aromatic rings. The lowest BCUT2D eigenvalue weighted by Gasteiger charge is -2.17. The summed E-state index contributed by atoms with van der Waals surface area (Å²) in [6, 6.07) is 7.37. The third kappa shape index (κ3) is 4.05. The van der Waals surface area contributed by atoms with Gasteiger partial charge in [0.1, 0.15) is 11.9 Å². The molecule has 1 aliphatic rings. The summed E-state index contributed by atoms with van der Waals surface area (Å²) in [5.74, 6) is 0.926. The molecule has 1 atom stereocenters. The Labute approximate surface area is 140 Å². The zero-order valence-electron chi connectivity index (χ0n) is 13.1. The van der Waals surface area contributed by atoms with Crippen molar-refractivity contribution in [1.82, 2.24) is 14.5 Å². The van der Waals surface area contributed by atoms with Crippen LogP contribution in [0, 0.1) is 0 Å². The molecule has 0 aliphatic carbocycles. The number of hydrogen-bond acceptors (Lipinski definition) is 3. The van der Waals surface area contributed by atoms with Gasteiger partial charge in [-0.15, -0.1) is 0 Å². The maximum absolute atomic E-state index is 12.3. The molecule has 0 N–H and O–H groups in total. The molecular formula is C17H20ClN3O2. The Kier molecular flexibility index (Phi) is 4.86. The molecule has 1 fully saturated rings. The second-order valence-corrected chi connectivity index (χ2v) is 6.26. The number of hydrogen-bond donors (Lipinski definition) is 0. The third-order valence-electron chi connectivity index (χ3n) is 4.11. The zero-order chi connectivity index (χ0) is 16.2. The first-order valence-electron chi connectivity index (χ1n) is 7.77. The SMILES string of the molecule is Cn1cncc1CCC(=O)N1CC[C@H](Oc2cccc(Cl)c2)C1. The second-order valence-electron chi connectivity index (χ2n) is 5.82. The number of aromatic nitrogens is 2. The van der Waals surface area contributed by atoms with Crippen LogP contribution in [0.4, 0.5) is 0 Å². The number of halogens is 1. The molecule has 1 aliphatic heterocycles. The van der Waals surface area contributed by atoms with E-state index < -0.39 is 0 Å². The van der Waals surface area contributed by atoms with Gasteiger partial charge in [0.25, 0.3) is 0 Å². The van der Waals surface area contributed by atoms with Gasteiger partial charge in [0.15, 0.2) is 0 Å².